The Morgan fingerprint density at radius 3 is 3.17 bits per heavy atom. The highest BCUT2D eigenvalue weighted by molar-refractivity contribution is 7.99. The predicted molar refractivity (Wildman–Crippen MR) is 92.4 cm³/mol. The van der Waals surface area contributed by atoms with Crippen LogP contribution in [0.25, 0.3) is 0 Å². The topological polar surface area (TPSA) is 89.0 Å². The first kappa shape index (κ1) is 16.8. The van der Waals surface area contributed by atoms with Crippen LogP contribution in [0.15, 0.2) is 34.2 Å². The number of aromatic nitrogens is 3. The summed E-state index contributed by atoms with van der Waals surface area (Å²) in [6.07, 6.45) is 1.99. The molecule has 0 aliphatic carbocycles. The van der Waals surface area contributed by atoms with Gasteiger partial charge >= 0.3 is 5.69 Å². The number of carbonyl (C=O) groups excluding carboxylic acids is 1. The lowest BCUT2D eigenvalue weighted by Gasteiger charge is -2.11. The zero-order chi connectivity index (χ0) is 16.9. The van der Waals surface area contributed by atoms with E-state index in [1.165, 1.54) is 11.8 Å². The molecule has 3 rings (SSSR count). The van der Waals surface area contributed by atoms with Crippen molar-refractivity contribution in [3.05, 3.63) is 40.3 Å². The van der Waals surface area contributed by atoms with Crippen LogP contribution in [0.1, 0.15) is 18.4 Å². The number of ether oxygens (including phenoxy) is 1. The smallest absolute Gasteiger partial charge is 0.344 e. The molecule has 1 aliphatic rings. The van der Waals surface area contributed by atoms with Gasteiger partial charge in [-0.15, -0.1) is 5.10 Å². The van der Waals surface area contributed by atoms with E-state index in [9.17, 15) is 9.59 Å². The highest BCUT2D eigenvalue weighted by Gasteiger charge is 2.20. The summed E-state index contributed by atoms with van der Waals surface area (Å²) in [6.45, 7) is 3.17. The van der Waals surface area contributed by atoms with Crippen LogP contribution in [0, 0.1) is 6.92 Å². The maximum absolute atomic E-state index is 12.1. The van der Waals surface area contributed by atoms with Crippen molar-refractivity contribution in [2.45, 2.75) is 37.6 Å². The fourth-order valence-electron chi connectivity index (χ4n) is 2.62. The molecule has 1 atom stereocenters. The minimum absolute atomic E-state index is 0.0424. The van der Waals surface area contributed by atoms with Gasteiger partial charge in [-0.3, -0.25) is 9.36 Å². The van der Waals surface area contributed by atoms with Gasteiger partial charge in [-0.05, 0) is 37.5 Å². The van der Waals surface area contributed by atoms with E-state index in [0.29, 0.717) is 11.7 Å². The van der Waals surface area contributed by atoms with Gasteiger partial charge in [0.1, 0.15) is 0 Å². The molecule has 1 aromatic carbocycles. The third kappa shape index (κ3) is 4.27. The molecular weight excluding hydrogens is 328 g/mol. The lowest BCUT2D eigenvalue weighted by atomic mass is 10.2. The fraction of sp³-hybridized carbons (Fsp3) is 0.438. The zero-order valence-electron chi connectivity index (χ0n) is 13.4. The van der Waals surface area contributed by atoms with Gasteiger partial charge in [-0.25, -0.2) is 9.89 Å². The molecule has 0 bridgehead atoms. The van der Waals surface area contributed by atoms with E-state index >= 15 is 0 Å². The van der Waals surface area contributed by atoms with Crippen molar-refractivity contribution in [2.75, 3.05) is 17.7 Å². The standard InChI is InChI=1S/C16H20N4O3S/c1-11-4-2-5-12(8-11)17-14(21)10-24-16-19-18-15(22)20(16)9-13-6-3-7-23-13/h2,4-5,8,13H,3,6-7,9-10H2,1H3,(H,17,21)(H,18,22). The highest BCUT2D eigenvalue weighted by atomic mass is 32.2. The van der Waals surface area contributed by atoms with Gasteiger partial charge in [0, 0.05) is 12.3 Å². The number of aryl methyl sites for hydroxylation is 1. The molecule has 0 saturated carbocycles. The Balaban J connectivity index is 1.58. The molecule has 1 amide bonds. The minimum Gasteiger partial charge on any atom is -0.376 e. The third-order valence-corrected chi connectivity index (χ3v) is 4.74. The Labute approximate surface area is 143 Å². The molecule has 8 heteroatoms. The van der Waals surface area contributed by atoms with E-state index in [0.717, 1.165) is 30.7 Å². The quantitative estimate of drug-likeness (QED) is 0.777. The van der Waals surface area contributed by atoms with Crippen molar-refractivity contribution in [3.63, 3.8) is 0 Å². The first-order valence-corrected chi connectivity index (χ1v) is 8.86. The van der Waals surface area contributed by atoms with Crippen molar-refractivity contribution < 1.29 is 9.53 Å². The summed E-state index contributed by atoms with van der Waals surface area (Å²) in [5.41, 5.74) is 1.57. The number of H-pyrrole nitrogens is 1. The molecule has 128 valence electrons. The van der Waals surface area contributed by atoms with E-state index in [-0.39, 0.29) is 23.5 Å². The van der Waals surface area contributed by atoms with Crippen molar-refractivity contribution in [2.24, 2.45) is 0 Å². The molecule has 1 saturated heterocycles. The monoisotopic (exact) mass is 348 g/mol. The van der Waals surface area contributed by atoms with E-state index in [1.807, 2.05) is 31.2 Å². The van der Waals surface area contributed by atoms with Crippen LogP contribution in [0.4, 0.5) is 5.69 Å². The third-order valence-electron chi connectivity index (χ3n) is 3.77. The summed E-state index contributed by atoms with van der Waals surface area (Å²) >= 11 is 1.24. The Hall–Kier alpha value is -2.06. The van der Waals surface area contributed by atoms with Gasteiger partial charge in [0.25, 0.3) is 0 Å². The van der Waals surface area contributed by atoms with E-state index in [4.69, 9.17) is 4.74 Å². The normalized spacial score (nSPS) is 17.1. The van der Waals surface area contributed by atoms with Gasteiger partial charge in [-0.1, -0.05) is 23.9 Å². The molecule has 0 radical (unpaired) electrons. The number of hydrogen-bond acceptors (Lipinski definition) is 5. The summed E-state index contributed by atoms with van der Waals surface area (Å²) < 4.78 is 7.10. The molecule has 2 N–H and O–H groups in total. The Kier molecular flexibility index (Phi) is 5.37. The number of aromatic amines is 1. The zero-order valence-corrected chi connectivity index (χ0v) is 14.3. The molecule has 0 spiro atoms. The Morgan fingerprint density at radius 1 is 1.54 bits per heavy atom. The van der Waals surface area contributed by atoms with Gasteiger partial charge in [0.05, 0.1) is 18.4 Å². The van der Waals surface area contributed by atoms with Crippen molar-refractivity contribution in [3.8, 4) is 0 Å². The largest absolute Gasteiger partial charge is 0.376 e. The summed E-state index contributed by atoms with van der Waals surface area (Å²) in [7, 11) is 0. The average Bonchev–Trinajstić information content (AvgIpc) is 3.17. The molecule has 2 aromatic rings. The highest BCUT2D eigenvalue weighted by Crippen LogP contribution is 2.18. The van der Waals surface area contributed by atoms with Crippen LogP contribution in [0.3, 0.4) is 0 Å². The number of carbonyl (C=O) groups is 1. The van der Waals surface area contributed by atoms with Crippen LogP contribution >= 0.6 is 11.8 Å². The first-order chi connectivity index (χ1) is 11.6. The minimum atomic E-state index is -0.271. The van der Waals surface area contributed by atoms with Gasteiger partial charge in [-0.2, -0.15) is 0 Å². The van der Waals surface area contributed by atoms with Crippen LogP contribution in [-0.4, -0.2) is 39.1 Å². The second-order valence-corrected chi connectivity index (χ2v) is 6.71. The van der Waals surface area contributed by atoms with Crippen LogP contribution < -0.4 is 11.0 Å². The second kappa shape index (κ2) is 7.67. The fourth-order valence-corrected chi connectivity index (χ4v) is 3.37. The van der Waals surface area contributed by atoms with Gasteiger partial charge < -0.3 is 10.1 Å². The van der Waals surface area contributed by atoms with Crippen molar-refractivity contribution in [1.29, 1.82) is 0 Å². The lowest BCUT2D eigenvalue weighted by Crippen LogP contribution is -2.25. The lowest BCUT2D eigenvalue weighted by molar-refractivity contribution is -0.113. The second-order valence-electron chi connectivity index (χ2n) is 5.76. The number of benzene rings is 1. The molecule has 24 heavy (non-hydrogen) atoms. The predicted octanol–water partition coefficient (Wildman–Crippen LogP) is 1.79. The molecule has 1 aliphatic heterocycles. The van der Waals surface area contributed by atoms with E-state index in [2.05, 4.69) is 15.5 Å². The molecular formula is C16H20N4O3S. The number of rotatable bonds is 6. The number of amides is 1. The van der Waals surface area contributed by atoms with Crippen molar-refractivity contribution >= 4 is 23.4 Å². The average molecular weight is 348 g/mol. The molecule has 1 aromatic heterocycles. The van der Waals surface area contributed by atoms with Gasteiger partial charge in [0.15, 0.2) is 5.16 Å². The number of anilines is 1. The molecule has 2 heterocycles. The van der Waals surface area contributed by atoms with Crippen molar-refractivity contribution in [1.82, 2.24) is 14.8 Å². The maximum atomic E-state index is 12.1. The van der Waals surface area contributed by atoms with Gasteiger partial charge in [0.2, 0.25) is 5.91 Å². The SMILES string of the molecule is Cc1cccc(NC(=O)CSc2n[nH]c(=O)n2CC2CCCO2)c1. The number of nitrogens with zero attached hydrogens (tertiary/aromatic N) is 2. The summed E-state index contributed by atoms with van der Waals surface area (Å²) in [6, 6.07) is 7.62. The van der Waals surface area contributed by atoms with Crippen LogP contribution in [-0.2, 0) is 16.1 Å². The number of hydrogen-bond donors (Lipinski definition) is 2. The van der Waals surface area contributed by atoms with E-state index in [1.54, 1.807) is 4.57 Å². The summed E-state index contributed by atoms with van der Waals surface area (Å²) in [5.74, 6) is 0.0498. The van der Waals surface area contributed by atoms with E-state index < -0.39 is 0 Å². The van der Waals surface area contributed by atoms with Crippen LogP contribution in [0.5, 0.6) is 0 Å². The summed E-state index contributed by atoms with van der Waals surface area (Å²) in [4.78, 5) is 24.0. The number of thioether (sulfide) groups is 1. The molecule has 1 fully saturated rings. The first-order valence-electron chi connectivity index (χ1n) is 7.88. The molecule has 7 nitrogen and oxygen atoms in total. The molecule has 1 unspecified atom stereocenters. The van der Waals surface area contributed by atoms with Crippen LogP contribution in [0.2, 0.25) is 0 Å². The maximum Gasteiger partial charge on any atom is 0.344 e. The Bertz CT molecular complexity index is 765. The number of nitrogens with one attached hydrogen (secondary N) is 2. The summed E-state index contributed by atoms with van der Waals surface area (Å²) in [5, 5.41) is 9.80. The Morgan fingerprint density at radius 2 is 2.42 bits per heavy atom.